The molecule has 9 nitrogen and oxygen atoms in total. The van der Waals surface area contributed by atoms with Crippen LogP contribution in [0.1, 0.15) is 28.8 Å². The third kappa shape index (κ3) is 7.16. The van der Waals surface area contributed by atoms with Crippen LogP contribution in [0.3, 0.4) is 0 Å². The van der Waals surface area contributed by atoms with E-state index in [2.05, 4.69) is 5.32 Å². The maximum Gasteiger partial charge on any atom is 0.328 e. The number of benzene rings is 2. The van der Waals surface area contributed by atoms with Crippen molar-refractivity contribution in [1.82, 2.24) is 10.2 Å². The molecule has 3 rings (SSSR count). The number of hydrogen-bond donors (Lipinski definition) is 4. The van der Waals surface area contributed by atoms with Crippen molar-refractivity contribution in [3.63, 3.8) is 0 Å². The van der Waals surface area contributed by atoms with Gasteiger partial charge in [-0.2, -0.15) is 0 Å². The van der Waals surface area contributed by atoms with Crippen molar-refractivity contribution in [2.75, 3.05) is 26.8 Å². The Labute approximate surface area is 213 Å². The molecule has 1 fully saturated rings. The molecular formula is C24H28Cl2N4O5. The van der Waals surface area contributed by atoms with Gasteiger partial charge in [-0.1, -0.05) is 29.3 Å². The van der Waals surface area contributed by atoms with E-state index in [4.69, 9.17) is 43.8 Å². The number of nitrogens with zero attached hydrogens (tertiary/aromatic N) is 1. The fourth-order valence-corrected chi connectivity index (χ4v) is 4.50. The predicted octanol–water partition coefficient (Wildman–Crippen LogP) is 3.20. The number of hydrogen-bond acceptors (Lipinski definition) is 6. The van der Waals surface area contributed by atoms with Gasteiger partial charge in [-0.15, -0.1) is 0 Å². The topological polar surface area (TPSA) is 138 Å². The molecule has 1 heterocycles. The zero-order chi connectivity index (χ0) is 25.5. The van der Waals surface area contributed by atoms with E-state index in [1.807, 2.05) is 6.07 Å². The van der Waals surface area contributed by atoms with Crippen LogP contribution in [0.25, 0.3) is 0 Å². The highest BCUT2D eigenvalue weighted by Crippen LogP contribution is 2.26. The molecule has 1 aliphatic heterocycles. The Balaban J connectivity index is 1.66. The van der Waals surface area contributed by atoms with Crippen LogP contribution in [0, 0.1) is 11.3 Å². The van der Waals surface area contributed by atoms with Gasteiger partial charge in [-0.3, -0.25) is 10.2 Å². The zero-order valence-electron chi connectivity index (χ0n) is 19.2. The van der Waals surface area contributed by atoms with Gasteiger partial charge in [0, 0.05) is 41.2 Å². The van der Waals surface area contributed by atoms with E-state index >= 15 is 0 Å². The minimum Gasteiger partial charge on any atom is -0.508 e. The average molecular weight is 523 g/mol. The second-order valence-corrected chi connectivity index (χ2v) is 9.08. The van der Waals surface area contributed by atoms with E-state index in [-0.39, 0.29) is 29.8 Å². The van der Waals surface area contributed by atoms with E-state index in [0.29, 0.717) is 48.1 Å². The lowest BCUT2D eigenvalue weighted by Crippen LogP contribution is -2.51. The highest BCUT2D eigenvalue weighted by atomic mass is 35.5. The maximum atomic E-state index is 13.0. The van der Waals surface area contributed by atoms with Crippen LogP contribution in [0.5, 0.6) is 11.5 Å². The summed E-state index contributed by atoms with van der Waals surface area (Å²) in [7, 11) is 1.26. The highest BCUT2D eigenvalue weighted by Gasteiger charge is 2.34. The number of carbonyl (C=O) groups is 2. The number of methoxy groups -OCH3 is 1. The van der Waals surface area contributed by atoms with E-state index in [0.717, 1.165) is 5.56 Å². The van der Waals surface area contributed by atoms with Crippen molar-refractivity contribution < 1.29 is 24.2 Å². The molecular weight excluding hydrogens is 495 g/mol. The van der Waals surface area contributed by atoms with Crippen LogP contribution in [0.2, 0.25) is 10.0 Å². The van der Waals surface area contributed by atoms with Gasteiger partial charge in [0.25, 0.3) is 5.91 Å². The molecule has 2 aromatic rings. The summed E-state index contributed by atoms with van der Waals surface area (Å²) < 4.78 is 10.6. The fourth-order valence-electron chi connectivity index (χ4n) is 4.00. The first kappa shape index (κ1) is 26.4. The third-order valence-corrected chi connectivity index (χ3v) is 6.49. The molecule has 188 valence electrons. The smallest absolute Gasteiger partial charge is 0.328 e. The quantitative estimate of drug-likeness (QED) is 0.237. The molecule has 1 unspecified atom stereocenters. The Morgan fingerprint density at radius 1 is 1.23 bits per heavy atom. The number of nitrogens with two attached hydrogens (primary N) is 1. The number of phenolic OH excluding ortho intramolecular Hbond substituents is 1. The minimum absolute atomic E-state index is 0.0206. The normalized spacial score (nSPS) is 14.8. The molecule has 2 aromatic carbocycles. The lowest BCUT2D eigenvalue weighted by atomic mass is 9.89. The summed E-state index contributed by atoms with van der Waals surface area (Å²) in [5, 5.41) is 21.5. The van der Waals surface area contributed by atoms with Gasteiger partial charge in [0.1, 0.15) is 17.5 Å². The molecule has 0 spiro atoms. The van der Waals surface area contributed by atoms with Crippen molar-refractivity contribution in [2.24, 2.45) is 11.7 Å². The SMILES string of the molecule is COC(=O)C(NC(=O)c1cc(O)cc(OCCc2ccc(Cl)cc2Cl)c1)C1CCN(C(=N)N)CC1. The molecule has 11 heteroatoms. The van der Waals surface area contributed by atoms with Gasteiger partial charge in [0.05, 0.1) is 13.7 Å². The van der Waals surface area contributed by atoms with Gasteiger partial charge in [0.2, 0.25) is 0 Å². The van der Waals surface area contributed by atoms with Gasteiger partial charge in [-0.25, -0.2) is 4.79 Å². The van der Waals surface area contributed by atoms with Crippen LogP contribution in [-0.2, 0) is 16.0 Å². The number of halogens is 2. The number of likely N-dealkylation sites (tertiary alicyclic amines) is 1. The van der Waals surface area contributed by atoms with Gasteiger partial charge < -0.3 is 30.5 Å². The highest BCUT2D eigenvalue weighted by molar-refractivity contribution is 6.35. The second-order valence-electron chi connectivity index (χ2n) is 8.23. The molecule has 0 radical (unpaired) electrons. The average Bonchev–Trinajstić information content (AvgIpc) is 2.83. The van der Waals surface area contributed by atoms with Crippen molar-refractivity contribution >= 4 is 41.0 Å². The fraction of sp³-hybridized carbons (Fsp3) is 0.375. The zero-order valence-corrected chi connectivity index (χ0v) is 20.7. The van der Waals surface area contributed by atoms with Crippen molar-refractivity contribution in [1.29, 1.82) is 5.41 Å². The van der Waals surface area contributed by atoms with Crippen LogP contribution >= 0.6 is 23.2 Å². The summed E-state index contributed by atoms with van der Waals surface area (Å²) in [6.07, 6.45) is 1.61. The number of piperidine rings is 1. The van der Waals surface area contributed by atoms with Crippen molar-refractivity contribution in [3.05, 3.63) is 57.6 Å². The predicted molar refractivity (Wildman–Crippen MR) is 133 cm³/mol. The van der Waals surface area contributed by atoms with E-state index in [9.17, 15) is 14.7 Å². The molecule has 1 amide bonds. The largest absolute Gasteiger partial charge is 0.508 e. The molecule has 1 saturated heterocycles. The lowest BCUT2D eigenvalue weighted by molar-refractivity contribution is -0.144. The summed E-state index contributed by atoms with van der Waals surface area (Å²) in [5.41, 5.74) is 6.53. The maximum absolute atomic E-state index is 13.0. The Morgan fingerprint density at radius 3 is 2.57 bits per heavy atom. The van der Waals surface area contributed by atoms with Crippen LogP contribution in [-0.4, -0.2) is 60.7 Å². The Kier molecular flexibility index (Phi) is 9.06. The molecule has 0 aromatic heterocycles. The second kappa shape index (κ2) is 12.0. The first-order valence-electron chi connectivity index (χ1n) is 11.1. The number of rotatable bonds is 8. The van der Waals surface area contributed by atoms with Crippen LogP contribution < -0.4 is 15.8 Å². The van der Waals surface area contributed by atoms with Gasteiger partial charge in [0.15, 0.2) is 5.96 Å². The Hall–Kier alpha value is -3.17. The van der Waals surface area contributed by atoms with Crippen LogP contribution in [0.15, 0.2) is 36.4 Å². The van der Waals surface area contributed by atoms with Gasteiger partial charge >= 0.3 is 5.97 Å². The number of esters is 1. The number of amides is 1. The monoisotopic (exact) mass is 522 g/mol. The molecule has 0 saturated carbocycles. The minimum atomic E-state index is -0.875. The number of ether oxygens (including phenoxy) is 2. The Bertz CT molecular complexity index is 1090. The summed E-state index contributed by atoms with van der Waals surface area (Å²) >= 11 is 12.1. The van der Waals surface area contributed by atoms with Crippen molar-refractivity contribution in [3.8, 4) is 11.5 Å². The first-order chi connectivity index (χ1) is 16.7. The molecule has 0 bridgehead atoms. The molecule has 1 atom stereocenters. The van der Waals surface area contributed by atoms with E-state index in [1.165, 1.54) is 25.3 Å². The number of aromatic hydroxyl groups is 1. The van der Waals surface area contributed by atoms with Crippen molar-refractivity contribution in [2.45, 2.75) is 25.3 Å². The first-order valence-corrected chi connectivity index (χ1v) is 11.8. The number of nitrogens with one attached hydrogen (secondary N) is 2. The molecule has 1 aliphatic rings. The summed E-state index contributed by atoms with van der Waals surface area (Å²) in [4.78, 5) is 27.1. The lowest BCUT2D eigenvalue weighted by Gasteiger charge is -2.35. The van der Waals surface area contributed by atoms with E-state index < -0.39 is 17.9 Å². The number of guanidine groups is 1. The molecule has 0 aliphatic carbocycles. The molecule has 5 N–H and O–H groups in total. The Morgan fingerprint density at radius 2 is 1.94 bits per heavy atom. The van der Waals surface area contributed by atoms with E-state index in [1.54, 1.807) is 17.0 Å². The standard InChI is InChI=1S/C24H28Cl2N4O5/c1-34-23(33)21(15-4-7-30(8-5-15)24(27)28)29-22(32)16-10-18(31)13-19(11-16)35-9-6-14-2-3-17(25)12-20(14)26/h2-3,10-13,15,21,31H,4-9H2,1H3,(H3,27,28)(H,29,32). The summed E-state index contributed by atoms with van der Waals surface area (Å²) in [6, 6.07) is 8.51. The summed E-state index contributed by atoms with van der Waals surface area (Å²) in [6.45, 7) is 1.27. The molecule has 35 heavy (non-hydrogen) atoms. The summed E-state index contributed by atoms with van der Waals surface area (Å²) in [5.74, 6) is -1.16. The van der Waals surface area contributed by atoms with Gasteiger partial charge in [-0.05, 0) is 48.6 Å². The third-order valence-electron chi connectivity index (χ3n) is 5.90. The number of carbonyl (C=O) groups excluding carboxylic acids is 2. The number of phenols is 1. The van der Waals surface area contributed by atoms with Crippen LogP contribution in [0.4, 0.5) is 0 Å².